The molecule has 0 saturated carbocycles. The second-order valence-corrected chi connectivity index (χ2v) is 3.35. The molecule has 66 valence electrons. The van der Waals surface area contributed by atoms with Crippen LogP contribution in [0.2, 0.25) is 0 Å². The summed E-state index contributed by atoms with van der Waals surface area (Å²) in [5.74, 6) is 0. The molecule has 0 radical (unpaired) electrons. The average Bonchev–Trinajstić information content (AvgIpc) is 1.97. The van der Waals surface area contributed by atoms with Crippen molar-refractivity contribution in [3.05, 3.63) is 12.2 Å². The van der Waals surface area contributed by atoms with Crippen molar-refractivity contribution in [2.24, 2.45) is 0 Å². The Morgan fingerprint density at radius 1 is 1.55 bits per heavy atom. The molecule has 0 aliphatic carbocycles. The zero-order valence-electron chi connectivity index (χ0n) is 8.11. The van der Waals surface area contributed by atoms with Gasteiger partial charge in [0.25, 0.3) is 0 Å². The van der Waals surface area contributed by atoms with E-state index < -0.39 is 0 Å². The van der Waals surface area contributed by atoms with Gasteiger partial charge in [0.15, 0.2) is 0 Å². The summed E-state index contributed by atoms with van der Waals surface area (Å²) in [6, 6.07) is 0.645. The number of nitrogens with one attached hydrogen (secondary N) is 1. The van der Waals surface area contributed by atoms with E-state index in [1.807, 2.05) is 0 Å². The van der Waals surface area contributed by atoms with Gasteiger partial charge in [-0.2, -0.15) is 0 Å². The summed E-state index contributed by atoms with van der Waals surface area (Å²) < 4.78 is 0. The minimum Gasteiger partial charge on any atom is -0.314 e. The molecule has 11 heavy (non-hydrogen) atoms. The van der Waals surface area contributed by atoms with Gasteiger partial charge in [-0.3, -0.25) is 0 Å². The van der Waals surface area contributed by atoms with Crippen molar-refractivity contribution in [1.29, 1.82) is 0 Å². The third-order valence-electron chi connectivity index (χ3n) is 1.75. The van der Waals surface area contributed by atoms with Gasteiger partial charge in [0, 0.05) is 6.04 Å². The molecule has 0 aliphatic heterocycles. The number of allylic oxidation sites excluding steroid dienone is 1. The second-order valence-electron chi connectivity index (χ2n) is 3.35. The minimum absolute atomic E-state index is 0.645. The highest BCUT2D eigenvalue weighted by molar-refractivity contribution is 4.88. The summed E-state index contributed by atoms with van der Waals surface area (Å²) in [7, 11) is 0. The summed E-state index contributed by atoms with van der Waals surface area (Å²) >= 11 is 0. The maximum Gasteiger partial charge on any atom is 0.00417 e. The SMILES string of the molecule is C=C(C)CCC(C)NCCC. The first kappa shape index (κ1) is 10.7. The van der Waals surface area contributed by atoms with Gasteiger partial charge in [0.1, 0.15) is 0 Å². The lowest BCUT2D eigenvalue weighted by Gasteiger charge is -2.12. The first-order valence-corrected chi connectivity index (χ1v) is 4.54. The topological polar surface area (TPSA) is 12.0 Å². The van der Waals surface area contributed by atoms with Crippen molar-refractivity contribution < 1.29 is 0 Å². The van der Waals surface area contributed by atoms with E-state index in [4.69, 9.17) is 0 Å². The molecule has 0 fully saturated rings. The largest absolute Gasteiger partial charge is 0.314 e. The molecule has 0 aliphatic rings. The van der Waals surface area contributed by atoms with Gasteiger partial charge in [-0.1, -0.05) is 12.5 Å². The van der Waals surface area contributed by atoms with E-state index in [0.717, 1.165) is 13.0 Å². The maximum absolute atomic E-state index is 3.88. The van der Waals surface area contributed by atoms with Crippen LogP contribution in [0, 0.1) is 0 Å². The van der Waals surface area contributed by atoms with Crippen molar-refractivity contribution in [3.8, 4) is 0 Å². The Balaban J connectivity index is 3.22. The van der Waals surface area contributed by atoms with Crippen molar-refractivity contribution in [3.63, 3.8) is 0 Å². The zero-order chi connectivity index (χ0) is 8.69. The van der Waals surface area contributed by atoms with E-state index in [1.54, 1.807) is 0 Å². The summed E-state index contributed by atoms with van der Waals surface area (Å²) in [5, 5.41) is 3.45. The number of hydrogen-bond acceptors (Lipinski definition) is 1. The van der Waals surface area contributed by atoms with Crippen molar-refractivity contribution in [1.82, 2.24) is 5.32 Å². The van der Waals surface area contributed by atoms with Crippen molar-refractivity contribution in [2.45, 2.75) is 46.1 Å². The molecule has 0 spiro atoms. The van der Waals surface area contributed by atoms with Crippen LogP contribution in [0.15, 0.2) is 12.2 Å². The van der Waals surface area contributed by atoms with E-state index in [-0.39, 0.29) is 0 Å². The second kappa shape index (κ2) is 6.41. The van der Waals surface area contributed by atoms with E-state index in [2.05, 4.69) is 32.7 Å². The lowest BCUT2D eigenvalue weighted by atomic mass is 10.1. The normalized spacial score (nSPS) is 13.0. The fourth-order valence-corrected chi connectivity index (χ4v) is 0.956. The summed E-state index contributed by atoms with van der Waals surface area (Å²) in [6.45, 7) is 11.5. The zero-order valence-corrected chi connectivity index (χ0v) is 8.11. The van der Waals surface area contributed by atoms with Crippen molar-refractivity contribution >= 4 is 0 Å². The first-order chi connectivity index (χ1) is 5.16. The highest BCUT2D eigenvalue weighted by atomic mass is 14.9. The average molecular weight is 155 g/mol. The molecule has 0 heterocycles. The molecule has 0 aromatic heterocycles. The lowest BCUT2D eigenvalue weighted by molar-refractivity contribution is 0.513. The summed E-state index contributed by atoms with van der Waals surface area (Å²) in [6.07, 6.45) is 3.59. The maximum atomic E-state index is 3.88. The fraction of sp³-hybridized carbons (Fsp3) is 0.800. The Hall–Kier alpha value is -0.300. The van der Waals surface area contributed by atoms with Gasteiger partial charge in [0.05, 0.1) is 0 Å². The Morgan fingerprint density at radius 3 is 2.64 bits per heavy atom. The molecular formula is C10H21N. The highest BCUT2D eigenvalue weighted by Crippen LogP contribution is 2.03. The molecule has 0 aromatic rings. The van der Waals surface area contributed by atoms with Gasteiger partial charge in [-0.15, -0.1) is 6.58 Å². The third-order valence-corrected chi connectivity index (χ3v) is 1.75. The molecule has 1 nitrogen and oxygen atoms in total. The summed E-state index contributed by atoms with van der Waals surface area (Å²) in [5.41, 5.74) is 1.29. The Kier molecular flexibility index (Phi) is 6.24. The van der Waals surface area contributed by atoms with E-state index in [1.165, 1.54) is 18.4 Å². The van der Waals surface area contributed by atoms with Crippen LogP contribution in [0.25, 0.3) is 0 Å². The molecule has 1 unspecified atom stereocenters. The smallest absolute Gasteiger partial charge is 0.00417 e. The van der Waals surface area contributed by atoms with Crippen LogP contribution in [0.1, 0.15) is 40.0 Å². The molecule has 1 atom stereocenters. The Bertz CT molecular complexity index is 107. The van der Waals surface area contributed by atoms with Gasteiger partial charge in [0.2, 0.25) is 0 Å². The summed E-state index contributed by atoms with van der Waals surface area (Å²) in [4.78, 5) is 0. The van der Waals surface area contributed by atoms with Crippen LogP contribution < -0.4 is 5.32 Å². The van der Waals surface area contributed by atoms with E-state index in [9.17, 15) is 0 Å². The quantitative estimate of drug-likeness (QED) is 0.582. The van der Waals surface area contributed by atoms with Crippen molar-refractivity contribution in [2.75, 3.05) is 6.54 Å². The minimum atomic E-state index is 0.645. The van der Waals surface area contributed by atoms with Gasteiger partial charge < -0.3 is 5.32 Å². The molecule has 1 N–H and O–H groups in total. The Morgan fingerprint density at radius 2 is 2.18 bits per heavy atom. The van der Waals surface area contributed by atoms with E-state index >= 15 is 0 Å². The molecule has 1 heteroatoms. The Labute approximate surface area is 70.9 Å². The molecule has 0 rings (SSSR count). The third kappa shape index (κ3) is 7.60. The van der Waals surface area contributed by atoms with Crippen LogP contribution in [-0.4, -0.2) is 12.6 Å². The fourth-order valence-electron chi connectivity index (χ4n) is 0.956. The molecular weight excluding hydrogens is 134 g/mol. The van der Waals surface area contributed by atoms with Gasteiger partial charge in [-0.05, 0) is 39.7 Å². The first-order valence-electron chi connectivity index (χ1n) is 4.54. The molecule has 0 aromatic carbocycles. The predicted molar refractivity (Wildman–Crippen MR) is 51.8 cm³/mol. The monoisotopic (exact) mass is 155 g/mol. The van der Waals surface area contributed by atoms with Crippen LogP contribution in [0.3, 0.4) is 0 Å². The van der Waals surface area contributed by atoms with Crippen LogP contribution in [0.4, 0.5) is 0 Å². The lowest BCUT2D eigenvalue weighted by Crippen LogP contribution is -2.26. The van der Waals surface area contributed by atoms with Crippen LogP contribution >= 0.6 is 0 Å². The number of rotatable bonds is 6. The van der Waals surface area contributed by atoms with Crippen LogP contribution in [0.5, 0.6) is 0 Å². The standard InChI is InChI=1S/C10H21N/c1-5-8-11-10(4)7-6-9(2)3/h10-11H,2,5-8H2,1,3-4H3. The molecule has 0 bridgehead atoms. The van der Waals surface area contributed by atoms with Gasteiger partial charge in [-0.25, -0.2) is 0 Å². The molecule has 0 amide bonds. The highest BCUT2D eigenvalue weighted by Gasteiger charge is 1.98. The van der Waals surface area contributed by atoms with E-state index in [0.29, 0.717) is 6.04 Å². The van der Waals surface area contributed by atoms with Crippen LogP contribution in [-0.2, 0) is 0 Å². The molecule has 0 saturated heterocycles. The predicted octanol–water partition coefficient (Wildman–Crippen LogP) is 2.73. The number of hydrogen-bond donors (Lipinski definition) is 1. The van der Waals surface area contributed by atoms with Gasteiger partial charge >= 0.3 is 0 Å².